The number of carbonyl (C=O) groups is 2. The highest BCUT2D eigenvalue weighted by Crippen LogP contribution is 2.20. The van der Waals surface area contributed by atoms with E-state index in [4.69, 9.17) is 10.00 Å². The molecule has 0 unspecified atom stereocenters. The van der Waals surface area contributed by atoms with E-state index in [1.807, 2.05) is 24.3 Å². The number of aromatic amines is 1. The first-order chi connectivity index (χ1) is 14.3. The van der Waals surface area contributed by atoms with E-state index in [1.54, 1.807) is 25.7 Å². The number of aromatic nitrogens is 1. The first kappa shape index (κ1) is 21.3. The van der Waals surface area contributed by atoms with Gasteiger partial charge in [0.15, 0.2) is 6.10 Å². The first-order valence-electron chi connectivity index (χ1n) is 9.99. The highest BCUT2D eigenvalue weighted by atomic mass is 16.5. The van der Waals surface area contributed by atoms with Crippen LogP contribution in [-0.4, -0.2) is 34.4 Å². The van der Waals surface area contributed by atoms with Crippen LogP contribution in [0.1, 0.15) is 46.9 Å². The van der Waals surface area contributed by atoms with Gasteiger partial charge in [0.1, 0.15) is 11.6 Å². The summed E-state index contributed by atoms with van der Waals surface area (Å²) in [6.45, 7) is 6.14. The van der Waals surface area contributed by atoms with Crippen LogP contribution in [0.25, 0.3) is 0 Å². The van der Waals surface area contributed by atoms with E-state index in [9.17, 15) is 14.4 Å². The van der Waals surface area contributed by atoms with Crippen LogP contribution in [0.2, 0.25) is 0 Å². The smallest absolute Gasteiger partial charge is 0.306 e. The van der Waals surface area contributed by atoms with Gasteiger partial charge in [0.05, 0.1) is 0 Å². The van der Waals surface area contributed by atoms with Crippen molar-refractivity contribution in [2.24, 2.45) is 0 Å². The van der Waals surface area contributed by atoms with E-state index in [-0.39, 0.29) is 17.9 Å². The number of hydrogen-bond acceptors (Lipinski definition) is 5. The van der Waals surface area contributed by atoms with Crippen LogP contribution in [0.4, 0.5) is 0 Å². The fourth-order valence-corrected chi connectivity index (χ4v) is 3.89. The fraction of sp³-hybridized carbons (Fsp3) is 0.391. The standard InChI is InChI=1S/C23H25N3O4/c1-14-19(15(2)25-22(28)20(14)12-24)8-9-21(27)30-16(3)23(29)26-11-10-17-6-4-5-7-18(17)13-26/h4-7,16H,8-11,13H2,1-3H3,(H,25,28)/t16-/m0/s1. The molecule has 0 radical (unpaired) electrons. The summed E-state index contributed by atoms with van der Waals surface area (Å²) in [5.41, 5.74) is 3.93. The molecule has 3 rings (SSSR count). The summed E-state index contributed by atoms with van der Waals surface area (Å²) < 4.78 is 5.37. The number of H-pyrrole nitrogens is 1. The van der Waals surface area contributed by atoms with Crippen molar-refractivity contribution < 1.29 is 14.3 Å². The maximum atomic E-state index is 12.7. The molecule has 2 heterocycles. The van der Waals surface area contributed by atoms with Crippen molar-refractivity contribution in [3.63, 3.8) is 0 Å². The fourth-order valence-electron chi connectivity index (χ4n) is 3.89. The number of hydrogen-bond donors (Lipinski definition) is 1. The van der Waals surface area contributed by atoms with Gasteiger partial charge in [-0.3, -0.25) is 14.4 Å². The summed E-state index contributed by atoms with van der Waals surface area (Å²) in [5, 5.41) is 9.15. The summed E-state index contributed by atoms with van der Waals surface area (Å²) in [4.78, 5) is 41.2. The zero-order chi connectivity index (χ0) is 21.8. The number of nitriles is 1. The topological polar surface area (TPSA) is 103 Å². The van der Waals surface area contributed by atoms with Gasteiger partial charge in [-0.25, -0.2) is 0 Å². The van der Waals surface area contributed by atoms with Crippen molar-refractivity contribution in [2.45, 2.75) is 52.7 Å². The Morgan fingerprint density at radius 3 is 2.67 bits per heavy atom. The average Bonchev–Trinajstić information content (AvgIpc) is 2.72. The van der Waals surface area contributed by atoms with Crippen LogP contribution in [-0.2, 0) is 33.7 Å². The number of nitrogens with one attached hydrogen (secondary N) is 1. The van der Waals surface area contributed by atoms with Gasteiger partial charge in [-0.2, -0.15) is 5.26 Å². The van der Waals surface area contributed by atoms with Gasteiger partial charge in [-0.05, 0) is 55.9 Å². The van der Waals surface area contributed by atoms with Crippen molar-refractivity contribution in [3.8, 4) is 6.07 Å². The van der Waals surface area contributed by atoms with E-state index in [0.717, 1.165) is 17.5 Å². The van der Waals surface area contributed by atoms with Gasteiger partial charge in [-0.15, -0.1) is 0 Å². The Labute approximate surface area is 175 Å². The molecule has 0 aliphatic carbocycles. The van der Waals surface area contributed by atoms with Crippen LogP contribution in [0, 0.1) is 25.2 Å². The number of rotatable bonds is 5. The molecule has 7 heteroatoms. The molecule has 0 fully saturated rings. The van der Waals surface area contributed by atoms with Crippen molar-refractivity contribution in [2.75, 3.05) is 6.54 Å². The molecule has 2 aromatic rings. The van der Waals surface area contributed by atoms with Crippen LogP contribution < -0.4 is 5.56 Å². The third kappa shape index (κ3) is 4.43. The number of esters is 1. The molecule has 1 amide bonds. The molecule has 30 heavy (non-hydrogen) atoms. The zero-order valence-corrected chi connectivity index (χ0v) is 17.4. The van der Waals surface area contributed by atoms with Crippen molar-refractivity contribution >= 4 is 11.9 Å². The Kier molecular flexibility index (Phi) is 6.36. The average molecular weight is 407 g/mol. The molecule has 1 N–H and O–H groups in total. The van der Waals surface area contributed by atoms with E-state index >= 15 is 0 Å². The number of aryl methyl sites for hydroxylation is 1. The minimum Gasteiger partial charge on any atom is -0.453 e. The van der Waals surface area contributed by atoms with Crippen LogP contribution >= 0.6 is 0 Å². The largest absolute Gasteiger partial charge is 0.453 e. The van der Waals surface area contributed by atoms with Gasteiger partial charge in [-0.1, -0.05) is 24.3 Å². The molecule has 1 aliphatic heterocycles. The van der Waals surface area contributed by atoms with Crippen LogP contribution in [0.15, 0.2) is 29.1 Å². The quantitative estimate of drug-likeness (QED) is 0.766. The molecule has 1 aliphatic rings. The lowest BCUT2D eigenvalue weighted by atomic mass is 9.99. The Balaban J connectivity index is 1.59. The Hall–Kier alpha value is -3.40. The van der Waals surface area contributed by atoms with Gasteiger partial charge >= 0.3 is 5.97 Å². The predicted octanol–water partition coefficient (Wildman–Crippen LogP) is 2.31. The third-order valence-corrected chi connectivity index (χ3v) is 5.60. The van der Waals surface area contributed by atoms with Gasteiger partial charge in [0.2, 0.25) is 0 Å². The molecule has 0 saturated carbocycles. The van der Waals surface area contributed by atoms with Crippen molar-refractivity contribution in [1.29, 1.82) is 5.26 Å². The second-order valence-electron chi connectivity index (χ2n) is 7.58. The van der Waals surface area contributed by atoms with E-state index < -0.39 is 17.6 Å². The van der Waals surface area contributed by atoms with Crippen molar-refractivity contribution in [3.05, 3.63) is 68.1 Å². The summed E-state index contributed by atoms with van der Waals surface area (Å²) in [6.07, 6.45) is 0.295. The van der Waals surface area contributed by atoms with Crippen LogP contribution in [0.5, 0.6) is 0 Å². The summed E-state index contributed by atoms with van der Waals surface area (Å²) in [7, 11) is 0. The van der Waals surface area contributed by atoms with Gasteiger partial charge < -0.3 is 14.6 Å². The molecule has 1 aromatic heterocycles. The molecule has 0 saturated heterocycles. The van der Waals surface area contributed by atoms with E-state index in [2.05, 4.69) is 11.1 Å². The molecule has 1 atom stereocenters. The number of fused-ring (bicyclic) bond motifs is 1. The Morgan fingerprint density at radius 2 is 1.97 bits per heavy atom. The number of pyridine rings is 1. The number of nitrogens with zero attached hydrogens (tertiary/aromatic N) is 2. The molecule has 0 spiro atoms. The predicted molar refractivity (Wildman–Crippen MR) is 111 cm³/mol. The summed E-state index contributed by atoms with van der Waals surface area (Å²) >= 11 is 0. The lowest BCUT2D eigenvalue weighted by Gasteiger charge is -2.30. The molecule has 0 bridgehead atoms. The maximum absolute atomic E-state index is 12.7. The number of carbonyl (C=O) groups excluding carboxylic acids is 2. The van der Waals surface area contributed by atoms with E-state index in [0.29, 0.717) is 30.8 Å². The highest BCUT2D eigenvalue weighted by Gasteiger charge is 2.27. The minimum atomic E-state index is -0.866. The Bertz CT molecular complexity index is 1080. The molecule has 1 aromatic carbocycles. The van der Waals surface area contributed by atoms with Crippen molar-refractivity contribution in [1.82, 2.24) is 9.88 Å². The molecular weight excluding hydrogens is 382 g/mol. The SMILES string of the molecule is Cc1[nH]c(=O)c(C#N)c(C)c1CCC(=O)O[C@@H](C)C(=O)N1CCc2ccccc2C1. The minimum absolute atomic E-state index is 0.0536. The molecular formula is C23H25N3O4. The number of amides is 1. The second kappa shape index (κ2) is 8.95. The van der Waals surface area contributed by atoms with E-state index in [1.165, 1.54) is 5.56 Å². The summed E-state index contributed by atoms with van der Waals surface area (Å²) in [6, 6.07) is 9.92. The summed E-state index contributed by atoms with van der Waals surface area (Å²) in [5.74, 6) is -0.696. The van der Waals surface area contributed by atoms with Gasteiger partial charge in [0.25, 0.3) is 11.5 Å². The molecule has 7 nitrogen and oxygen atoms in total. The normalized spacial score (nSPS) is 13.9. The monoisotopic (exact) mass is 407 g/mol. The molecule has 156 valence electrons. The number of ether oxygens (including phenoxy) is 1. The highest BCUT2D eigenvalue weighted by molar-refractivity contribution is 5.83. The third-order valence-electron chi connectivity index (χ3n) is 5.60. The lowest BCUT2D eigenvalue weighted by Crippen LogP contribution is -2.42. The lowest BCUT2D eigenvalue weighted by molar-refractivity contribution is -0.159. The second-order valence-corrected chi connectivity index (χ2v) is 7.58. The van der Waals surface area contributed by atoms with Crippen LogP contribution in [0.3, 0.4) is 0 Å². The Morgan fingerprint density at radius 1 is 1.27 bits per heavy atom. The first-order valence-corrected chi connectivity index (χ1v) is 9.99. The number of benzene rings is 1. The van der Waals surface area contributed by atoms with Gasteiger partial charge in [0, 0.05) is 25.2 Å². The maximum Gasteiger partial charge on any atom is 0.306 e. The zero-order valence-electron chi connectivity index (χ0n) is 17.4.